The Hall–Kier alpha value is -0.960. The molecule has 0 bridgehead atoms. The van der Waals surface area contributed by atoms with Crippen LogP contribution in [-0.2, 0) is 21.3 Å². The summed E-state index contributed by atoms with van der Waals surface area (Å²) in [5, 5.41) is 4.04. The molecule has 1 rings (SSSR count). The van der Waals surface area contributed by atoms with Gasteiger partial charge in [-0.2, -0.15) is 5.10 Å². The van der Waals surface area contributed by atoms with Crippen molar-refractivity contribution in [2.75, 3.05) is 26.8 Å². The van der Waals surface area contributed by atoms with E-state index in [9.17, 15) is 8.42 Å². The molecule has 0 aliphatic heterocycles. The fourth-order valence-electron chi connectivity index (χ4n) is 1.70. The molecule has 0 saturated heterocycles. The van der Waals surface area contributed by atoms with E-state index in [0.717, 1.165) is 12.8 Å². The monoisotopic (exact) mass is 318 g/mol. The summed E-state index contributed by atoms with van der Waals surface area (Å²) in [7, 11) is -1.89. The van der Waals surface area contributed by atoms with E-state index in [0.29, 0.717) is 26.2 Å². The number of methoxy groups -OCH3 is 1. The number of nitrogens with two attached hydrogens (primary N) is 1. The summed E-state index contributed by atoms with van der Waals surface area (Å²) in [6.07, 6.45) is 4.43. The Kier molecular flexibility index (Phi) is 6.79. The van der Waals surface area contributed by atoms with E-state index in [1.54, 1.807) is 11.8 Å². The van der Waals surface area contributed by atoms with E-state index >= 15 is 0 Å². The first-order valence-corrected chi connectivity index (χ1v) is 8.50. The minimum atomic E-state index is -3.53. The average Bonchev–Trinajstić information content (AvgIpc) is 2.91. The third-order valence-corrected chi connectivity index (χ3v) is 4.59. The molecule has 0 fully saturated rings. The first-order valence-electron chi connectivity index (χ1n) is 7.02. The number of hydrogen-bond acceptors (Lipinski definition) is 5. The van der Waals surface area contributed by atoms with Gasteiger partial charge in [-0.3, -0.25) is 4.68 Å². The molecule has 0 radical (unpaired) electrons. The summed E-state index contributed by atoms with van der Waals surface area (Å²) < 4.78 is 33.7. The highest BCUT2D eigenvalue weighted by Gasteiger charge is 2.23. The maximum absolute atomic E-state index is 12.2. The van der Waals surface area contributed by atoms with E-state index < -0.39 is 10.0 Å². The summed E-state index contributed by atoms with van der Waals surface area (Å²) in [6.45, 7) is 6.12. The Bertz CT molecular complexity index is 525. The van der Waals surface area contributed by atoms with Gasteiger partial charge in [-0.1, -0.05) is 13.8 Å². The second kappa shape index (κ2) is 7.88. The normalized spacial score (nSPS) is 12.8. The highest BCUT2D eigenvalue weighted by molar-refractivity contribution is 7.89. The first kappa shape index (κ1) is 18.1. The Labute approximate surface area is 126 Å². The maximum atomic E-state index is 12.2. The van der Waals surface area contributed by atoms with Crippen LogP contribution in [0.25, 0.3) is 0 Å². The van der Waals surface area contributed by atoms with Gasteiger partial charge in [0.2, 0.25) is 10.0 Å². The van der Waals surface area contributed by atoms with Crippen molar-refractivity contribution in [1.29, 1.82) is 0 Å². The van der Waals surface area contributed by atoms with Crippen molar-refractivity contribution in [2.24, 2.45) is 11.1 Å². The lowest BCUT2D eigenvalue weighted by Crippen LogP contribution is -2.34. The Morgan fingerprint density at radius 2 is 2.19 bits per heavy atom. The van der Waals surface area contributed by atoms with Crippen LogP contribution in [-0.4, -0.2) is 45.0 Å². The molecule has 0 atom stereocenters. The van der Waals surface area contributed by atoms with Gasteiger partial charge in [0, 0.05) is 33.0 Å². The fraction of sp³-hybridized carbons (Fsp3) is 0.769. The third kappa shape index (κ3) is 6.13. The summed E-state index contributed by atoms with van der Waals surface area (Å²) in [5.41, 5.74) is 5.25. The second-order valence-electron chi connectivity index (χ2n) is 5.81. The van der Waals surface area contributed by atoms with Crippen LogP contribution < -0.4 is 10.5 Å². The largest absolute Gasteiger partial charge is 0.385 e. The van der Waals surface area contributed by atoms with Gasteiger partial charge in [-0.15, -0.1) is 0 Å². The zero-order valence-corrected chi connectivity index (χ0v) is 13.8. The van der Waals surface area contributed by atoms with Crippen LogP contribution in [0.1, 0.15) is 26.7 Å². The van der Waals surface area contributed by atoms with E-state index in [2.05, 4.69) is 9.82 Å². The zero-order valence-electron chi connectivity index (χ0n) is 13.0. The van der Waals surface area contributed by atoms with Crippen molar-refractivity contribution >= 4 is 10.0 Å². The number of nitrogens with one attached hydrogen (secondary N) is 1. The lowest BCUT2D eigenvalue weighted by Gasteiger charge is -2.24. The number of sulfonamides is 1. The number of rotatable bonds is 10. The molecule has 7 nitrogen and oxygen atoms in total. The molecule has 0 saturated carbocycles. The Morgan fingerprint density at radius 3 is 2.81 bits per heavy atom. The summed E-state index contributed by atoms with van der Waals surface area (Å²) >= 11 is 0. The van der Waals surface area contributed by atoms with Crippen LogP contribution in [0.5, 0.6) is 0 Å². The van der Waals surface area contributed by atoms with Gasteiger partial charge in [0.25, 0.3) is 0 Å². The third-order valence-electron chi connectivity index (χ3n) is 3.23. The number of hydrogen-bond donors (Lipinski definition) is 2. The average molecular weight is 318 g/mol. The minimum Gasteiger partial charge on any atom is -0.385 e. The number of ether oxygens (including phenoxy) is 1. The smallest absolute Gasteiger partial charge is 0.243 e. The second-order valence-corrected chi connectivity index (χ2v) is 7.58. The number of nitrogens with zero attached hydrogens (tertiary/aromatic N) is 2. The van der Waals surface area contributed by atoms with Gasteiger partial charge < -0.3 is 10.5 Å². The lowest BCUT2D eigenvalue weighted by atomic mass is 9.90. The standard InChI is InChI=1S/C13H26N4O3S/c1-13(2,5-8-20-3)11-16-21(18,19)12-9-15-17(10-12)7-4-6-14/h9-10,16H,4-8,11,14H2,1-3H3. The molecule has 0 aliphatic rings. The fourth-order valence-corrected chi connectivity index (χ4v) is 2.89. The molecule has 1 heterocycles. The van der Waals surface area contributed by atoms with Crippen molar-refractivity contribution in [3.8, 4) is 0 Å². The molecule has 122 valence electrons. The van der Waals surface area contributed by atoms with E-state index in [4.69, 9.17) is 10.5 Å². The van der Waals surface area contributed by atoms with Gasteiger partial charge in [-0.25, -0.2) is 13.1 Å². The van der Waals surface area contributed by atoms with Gasteiger partial charge in [0.1, 0.15) is 4.90 Å². The van der Waals surface area contributed by atoms with E-state index in [1.807, 2.05) is 13.8 Å². The van der Waals surface area contributed by atoms with E-state index in [1.165, 1.54) is 12.4 Å². The maximum Gasteiger partial charge on any atom is 0.243 e. The van der Waals surface area contributed by atoms with Gasteiger partial charge in [0.15, 0.2) is 0 Å². The van der Waals surface area contributed by atoms with Gasteiger partial charge in [0.05, 0.1) is 6.20 Å². The first-order chi connectivity index (χ1) is 9.80. The van der Waals surface area contributed by atoms with Crippen LogP contribution in [0.2, 0.25) is 0 Å². The molecular formula is C13H26N4O3S. The van der Waals surface area contributed by atoms with Crippen LogP contribution >= 0.6 is 0 Å². The molecule has 0 amide bonds. The molecule has 21 heavy (non-hydrogen) atoms. The van der Waals surface area contributed by atoms with Crippen LogP contribution in [0.15, 0.2) is 17.3 Å². The highest BCUT2D eigenvalue weighted by atomic mass is 32.2. The molecule has 0 aliphatic carbocycles. The SMILES string of the molecule is COCCC(C)(C)CNS(=O)(=O)c1cnn(CCCN)c1. The zero-order chi connectivity index (χ0) is 15.9. The Balaban J connectivity index is 2.62. The van der Waals surface area contributed by atoms with Crippen molar-refractivity contribution < 1.29 is 13.2 Å². The lowest BCUT2D eigenvalue weighted by molar-refractivity contribution is 0.153. The molecule has 0 unspecified atom stereocenters. The predicted octanol–water partition coefficient (Wildman–Crippen LogP) is 0.573. The topological polar surface area (TPSA) is 99.2 Å². The van der Waals surface area contributed by atoms with E-state index in [-0.39, 0.29) is 10.3 Å². The summed E-state index contributed by atoms with van der Waals surface area (Å²) in [6, 6.07) is 0. The quantitative estimate of drug-likeness (QED) is 0.657. The number of aromatic nitrogens is 2. The molecule has 0 aromatic carbocycles. The molecular weight excluding hydrogens is 292 g/mol. The summed E-state index contributed by atoms with van der Waals surface area (Å²) in [4.78, 5) is 0.182. The van der Waals surface area contributed by atoms with Crippen molar-refractivity contribution in [1.82, 2.24) is 14.5 Å². The molecule has 8 heteroatoms. The molecule has 1 aromatic heterocycles. The predicted molar refractivity (Wildman–Crippen MR) is 81.4 cm³/mol. The number of aryl methyl sites for hydroxylation is 1. The van der Waals surface area contributed by atoms with Gasteiger partial charge in [-0.05, 0) is 24.8 Å². The van der Waals surface area contributed by atoms with Crippen molar-refractivity contribution in [3.05, 3.63) is 12.4 Å². The Morgan fingerprint density at radius 1 is 1.48 bits per heavy atom. The minimum absolute atomic E-state index is 0.168. The van der Waals surface area contributed by atoms with Crippen molar-refractivity contribution in [2.45, 2.75) is 38.1 Å². The van der Waals surface area contributed by atoms with Crippen LogP contribution in [0, 0.1) is 5.41 Å². The summed E-state index contributed by atoms with van der Waals surface area (Å²) in [5.74, 6) is 0. The highest BCUT2D eigenvalue weighted by Crippen LogP contribution is 2.20. The van der Waals surface area contributed by atoms with Crippen LogP contribution in [0.4, 0.5) is 0 Å². The van der Waals surface area contributed by atoms with Crippen molar-refractivity contribution in [3.63, 3.8) is 0 Å². The molecule has 1 aromatic rings. The van der Waals surface area contributed by atoms with Gasteiger partial charge >= 0.3 is 0 Å². The van der Waals surface area contributed by atoms with Crippen LogP contribution in [0.3, 0.4) is 0 Å². The molecule has 3 N–H and O–H groups in total. The molecule has 0 spiro atoms.